The average molecular weight is 166 g/mol. The molecule has 0 bridgehead atoms. The van der Waals surface area contributed by atoms with Crippen molar-refractivity contribution in [1.82, 2.24) is 9.97 Å². The fourth-order valence-electron chi connectivity index (χ4n) is 0.673. The van der Waals surface area contributed by atoms with Gasteiger partial charge >= 0.3 is 5.97 Å². The quantitative estimate of drug-likeness (QED) is 0.629. The van der Waals surface area contributed by atoms with Crippen LogP contribution in [0.15, 0.2) is 18.6 Å². The first-order valence-electron chi connectivity index (χ1n) is 3.77. The van der Waals surface area contributed by atoms with Crippen LogP contribution in [0, 0.1) is 0 Å². The van der Waals surface area contributed by atoms with Crippen molar-refractivity contribution in [2.24, 2.45) is 0 Å². The highest BCUT2D eigenvalue weighted by atomic mass is 16.5. The molecule has 0 saturated carbocycles. The third-order valence-corrected chi connectivity index (χ3v) is 1.21. The van der Waals surface area contributed by atoms with Gasteiger partial charge in [0.15, 0.2) is 5.69 Å². The summed E-state index contributed by atoms with van der Waals surface area (Å²) in [5.74, 6) is -0.412. The van der Waals surface area contributed by atoms with Gasteiger partial charge in [0.05, 0.1) is 12.8 Å². The van der Waals surface area contributed by atoms with Gasteiger partial charge in [0.1, 0.15) is 0 Å². The van der Waals surface area contributed by atoms with Crippen LogP contribution in [0.5, 0.6) is 0 Å². The van der Waals surface area contributed by atoms with E-state index in [1.165, 1.54) is 18.6 Å². The van der Waals surface area contributed by atoms with Gasteiger partial charge in [-0.2, -0.15) is 0 Å². The van der Waals surface area contributed by atoms with Crippen LogP contribution in [0.4, 0.5) is 0 Å². The lowest BCUT2D eigenvalue weighted by Gasteiger charge is -1.99. The smallest absolute Gasteiger partial charge is 0.358 e. The van der Waals surface area contributed by atoms with Gasteiger partial charge in [0.25, 0.3) is 0 Å². The number of esters is 1. The van der Waals surface area contributed by atoms with Crippen molar-refractivity contribution in [3.63, 3.8) is 0 Å². The topological polar surface area (TPSA) is 52.1 Å². The predicted molar refractivity (Wildman–Crippen MR) is 42.6 cm³/mol. The minimum absolute atomic E-state index is 0.256. The highest BCUT2D eigenvalue weighted by Gasteiger charge is 2.06. The lowest BCUT2D eigenvalue weighted by Crippen LogP contribution is -2.07. The Kier molecular flexibility index (Phi) is 3.19. The van der Waals surface area contributed by atoms with E-state index >= 15 is 0 Å². The lowest BCUT2D eigenvalue weighted by molar-refractivity contribution is 0.0497. The highest BCUT2D eigenvalue weighted by Crippen LogP contribution is 1.94. The van der Waals surface area contributed by atoms with Crippen LogP contribution in [0.3, 0.4) is 0 Å². The summed E-state index contributed by atoms with van der Waals surface area (Å²) in [5.41, 5.74) is 0.256. The van der Waals surface area contributed by atoms with E-state index in [0.717, 1.165) is 6.42 Å². The average Bonchev–Trinajstić information content (AvgIpc) is 2.15. The monoisotopic (exact) mass is 166 g/mol. The molecule has 0 saturated heterocycles. The molecule has 0 aliphatic carbocycles. The molecule has 0 spiro atoms. The zero-order valence-corrected chi connectivity index (χ0v) is 6.86. The Morgan fingerprint density at radius 1 is 1.58 bits per heavy atom. The molecule has 0 amide bonds. The maximum atomic E-state index is 11.1. The summed E-state index contributed by atoms with van der Waals surface area (Å²) in [6, 6.07) is 0. The maximum absolute atomic E-state index is 11.1. The second kappa shape index (κ2) is 4.43. The molecule has 64 valence electrons. The van der Waals surface area contributed by atoms with Crippen molar-refractivity contribution < 1.29 is 9.53 Å². The molecule has 0 aliphatic heterocycles. The molecule has 1 aromatic rings. The summed E-state index contributed by atoms with van der Waals surface area (Å²) in [6.07, 6.45) is 5.17. The zero-order valence-electron chi connectivity index (χ0n) is 6.86. The fraction of sp³-hybridized carbons (Fsp3) is 0.375. The molecule has 1 aromatic heterocycles. The zero-order chi connectivity index (χ0) is 8.81. The number of hydrogen-bond donors (Lipinski definition) is 0. The summed E-state index contributed by atoms with van der Waals surface area (Å²) >= 11 is 0. The molecule has 0 unspecified atom stereocenters. The molecule has 1 heterocycles. The van der Waals surface area contributed by atoms with E-state index in [9.17, 15) is 4.79 Å². The van der Waals surface area contributed by atoms with Crippen LogP contribution in [-0.4, -0.2) is 22.5 Å². The molecule has 1 rings (SSSR count). The summed E-state index contributed by atoms with van der Waals surface area (Å²) in [7, 11) is 0. The highest BCUT2D eigenvalue weighted by molar-refractivity contribution is 5.86. The minimum atomic E-state index is -0.412. The van der Waals surface area contributed by atoms with E-state index in [4.69, 9.17) is 4.74 Å². The Balaban J connectivity index is 2.54. The van der Waals surface area contributed by atoms with Crippen molar-refractivity contribution in [2.75, 3.05) is 6.61 Å². The van der Waals surface area contributed by atoms with Crippen molar-refractivity contribution in [3.05, 3.63) is 24.3 Å². The van der Waals surface area contributed by atoms with Crippen LogP contribution in [0.25, 0.3) is 0 Å². The van der Waals surface area contributed by atoms with E-state index in [-0.39, 0.29) is 5.69 Å². The molecule has 4 heteroatoms. The molecule has 0 aromatic carbocycles. The van der Waals surface area contributed by atoms with E-state index < -0.39 is 5.97 Å². The van der Waals surface area contributed by atoms with Gasteiger partial charge in [-0.1, -0.05) is 6.92 Å². The van der Waals surface area contributed by atoms with E-state index in [2.05, 4.69) is 9.97 Å². The number of carbonyl (C=O) groups excluding carboxylic acids is 1. The lowest BCUT2D eigenvalue weighted by atomic mass is 10.4. The third kappa shape index (κ3) is 2.30. The van der Waals surface area contributed by atoms with Gasteiger partial charge < -0.3 is 4.74 Å². The Morgan fingerprint density at radius 2 is 2.42 bits per heavy atom. The SMILES string of the molecule is CCCOC(=O)c1cnccn1. The van der Waals surface area contributed by atoms with Gasteiger partial charge in [0.2, 0.25) is 0 Å². The number of carbonyl (C=O) groups is 1. The second-order valence-electron chi connectivity index (χ2n) is 2.23. The van der Waals surface area contributed by atoms with Gasteiger partial charge in [-0.25, -0.2) is 9.78 Å². The van der Waals surface area contributed by atoms with Gasteiger partial charge in [0, 0.05) is 12.4 Å². The first-order valence-corrected chi connectivity index (χ1v) is 3.77. The summed E-state index contributed by atoms with van der Waals surface area (Å²) in [5, 5.41) is 0. The first-order chi connectivity index (χ1) is 5.84. The Bertz CT molecular complexity index is 248. The van der Waals surface area contributed by atoms with Crippen molar-refractivity contribution >= 4 is 5.97 Å². The largest absolute Gasteiger partial charge is 0.461 e. The molecule has 0 radical (unpaired) electrons. The fourth-order valence-corrected chi connectivity index (χ4v) is 0.673. The molecule has 0 atom stereocenters. The number of rotatable bonds is 3. The van der Waals surface area contributed by atoms with Crippen LogP contribution < -0.4 is 0 Å². The molecule has 12 heavy (non-hydrogen) atoms. The minimum Gasteiger partial charge on any atom is -0.461 e. The van der Waals surface area contributed by atoms with Gasteiger partial charge in [-0.15, -0.1) is 0 Å². The number of ether oxygens (including phenoxy) is 1. The van der Waals surface area contributed by atoms with Gasteiger partial charge in [-0.3, -0.25) is 4.98 Å². The summed E-state index contributed by atoms with van der Waals surface area (Å²) in [4.78, 5) is 18.6. The molecule has 4 nitrogen and oxygen atoms in total. The Labute approximate surface area is 70.6 Å². The summed E-state index contributed by atoms with van der Waals surface area (Å²) < 4.78 is 4.84. The van der Waals surface area contributed by atoms with Crippen LogP contribution in [0.2, 0.25) is 0 Å². The van der Waals surface area contributed by atoms with Crippen LogP contribution in [0.1, 0.15) is 23.8 Å². The number of aromatic nitrogens is 2. The first kappa shape index (κ1) is 8.64. The van der Waals surface area contributed by atoms with Crippen molar-refractivity contribution in [1.29, 1.82) is 0 Å². The third-order valence-electron chi connectivity index (χ3n) is 1.21. The molecule has 0 aliphatic rings. The van der Waals surface area contributed by atoms with E-state index in [1.807, 2.05) is 6.92 Å². The maximum Gasteiger partial charge on any atom is 0.358 e. The van der Waals surface area contributed by atoms with Crippen molar-refractivity contribution in [3.8, 4) is 0 Å². The standard InChI is InChI=1S/C8H10N2O2/c1-2-5-12-8(11)7-6-9-3-4-10-7/h3-4,6H,2,5H2,1H3. The molecular weight excluding hydrogens is 156 g/mol. The van der Waals surface area contributed by atoms with Crippen molar-refractivity contribution in [2.45, 2.75) is 13.3 Å². The van der Waals surface area contributed by atoms with E-state index in [1.54, 1.807) is 0 Å². The number of hydrogen-bond acceptors (Lipinski definition) is 4. The predicted octanol–water partition coefficient (Wildman–Crippen LogP) is 1.04. The second-order valence-corrected chi connectivity index (χ2v) is 2.23. The van der Waals surface area contributed by atoms with Crippen LogP contribution in [-0.2, 0) is 4.74 Å². The summed E-state index contributed by atoms with van der Waals surface area (Å²) in [6.45, 7) is 2.36. The molecule has 0 N–H and O–H groups in total. The van der Waals surface area contributed by atoms with E-state index in [0.29, 0.717) is 6.61 Å². The Hall–Kier alpha value is -1.45. The Morgan fingerprint density at radius 3 is 3.00 bits per heavy atom. The van der Waals surface area contributed by atoms with Gasteiger partial charge in [-0.05, 0) is 6.42 Å². The normalized spacial score (nSPS) is 9.42. The molecule has 0 fully saturated rings. The molecular formula is C8H10N2O2. The number of nitrogens with zero attached hydrogens (tertiary/aromatic N) is 2. The van der Waals surface area contributed by atoms with Crippen LogP contribution >= 0.6 is 0 Å².